The molecule has 2 aliphatic rings. The summed E-state index contributed by atoms with van der Waals surface area (Å²) in [4.78, 5) is 38.2. The van der Waals surface area contributed by atoms with Crippen LogP contribution in [0.5, 0.6) is 5.75 Å². The number of rotatable bonds is 4. The molecule has 0 saturated heterocycles. The van der Waals surface area contributed by atoms with Crippen LogP contribution in [-0.2, 0) is 4.74 Å². The highest BCUT2D eigenvalue weighted by Gasteiger charge is 2.35. The molecule has 6 nitrogen and oxygen atoms in total. The van der Waals surface area contributed by atoms with Gasteiger partial charge in [0, 0.05) is 11.5 Å². The van der Waals surface area contributed by atoms with E-state index in [1.807, 2.05) is 19.9 Å². The molecule has 0 saturated carbocycles. The molecule has 4 rings (SSSR count). The number of hydrogen-bond acceptors (Lipinski definition) is 5. The second kappa shape index (κ2) is 6.54. The predicted octanol–water partition coefficient (Wildman–Crippen LogP) is 3.02. The Labute approximate surface area is 156 Å². The van der Waals surface area contributed by atoms with E-state index in [0.29, 0.717) is 22.4 Å². The maximum atomic E-state index is 12.5. The zero-order valence-corrected chi connectivity index (χ0v) is 15.1. The van der Waals surface area contributed by atoms with Crippen molar-refractivity contribution < 1.29 is 23.9 Å². The van der Waals surface area contributed by atoms with Gasteiger partial charge in [-0.2, -0.15) is 0 Å². The fraction of sp³-hybridized carbons (Fsp3) is 0.286. The Morgan fingerprint density at radius 3 is 2.37 bits per heavy atom. The van der Waals surface area contributed by atoms with Gasteiger partial charge in [-0.25, -0.2) is 4.79 Å². The molecule has 138 valence electrons. The van der Waals surface area contributed by atoms with Crippen molar-refractivity contribution in [3.05, 3.63) is 64.7 Å². The quantitative estimate of drug-likeness (QED) is 0.615. The summed E-state index contributed by atoms with van der Waals surface area (Å²) in [6.45, 7) is 3.95. The van der Waals surface area contributed by atoms with Gasteiger partial charge in [-0.1, -0.05) is 31.2 Å². The lowest BCUT2D eigenvalue weighted by Crippen LogP contribution is -2.33. The predicted molar refractivity (Wildman–Crippen MR) is 97.0 cm³/mol. The molecule has 0 radical (unpaired) electrons. The van der Waals surface area contributed by atoms with Crippen LogP contribution >= 0.6 is 0 Å². The van der Waals surface area contributed by atoms with Crippen LogP contribution in [-0.4, -0.2) is 41.9 Å². The smallest absolute Gasteiger partial charge is 0.341 e. The number of fused-ring (bicyclic) bond motifs is 2. The lowest BCUT2D eigenvalue weighted by atomic mass is 9.97. The zero-order chi connectivity index (χ0) is 19.1. The molecule has 2 aliphatic heterocycles. The Bertz CT molecular complexity index is 916. The summed E-state index contributed by atoms with van der Waals surface area (Å²) < 4.78 is 11.1. The number of ether oxygens (including phenoxy) is 2. The zero-order valence-electron chi connectivity index (χ0n) is 15.1. The van der Waals surface area contributed by atoms with Gasteiger partial charge in [0.25, 0.3) is 11.8 Å². The van der Waals surface area contributed by atoms with Crippen LogP contribution in [0.4, 0.5) is 0 Å². The van der Waals surface area contributed by atoms with Gasteiger partial charge in [0.05, 0.1) is 17.7 Å². The van der Waals surface area contributed by atoms with Crippen molar-refractivity contribution >= 4 is 17.8 Å². The molecule has 0 bridgehead atoms. The van der Waals surface area contributed by atoms with E-state index in [2.05, 4.69) is 0 Å². The van der Waals surface area contributed by atoms with Crippen molar-refractivity contribution in [3.63, 3.8) is 0 Å². The van der Waals surface area contributed by atoms with Crippen molar-refractivity contribution in [2.75, 3.05) is 13.2 Å². The third kappa shape index (κ3) is 2.77. The standard InChI is InChI=1S/C21H19NO5/c1-12-13(2)27-18-14(12)8-5-9-17(18)21(25)26-11-10-22-19(23)15-6-3-4-7-16(15)20(22)24/h3-9,12-13H,10-11H2,1-2H3/t12-,13+/m1/s1. The monoisotopic (exact) mass is 365 g/mol. The molecule has 27 heavy (non-hydrogen) atoms. The fourth-order valence-corrected chi connectivity index (χ4v) is 3.50. The van der Waals surface area contributed by atoms with Gasteiger partial charge in [-0.05, 0) is 25.1 Å². The summed E-state index contributed by atoms with van der Waals surface area (Å²) in [5, 5.41) is 0. The van der Waals surface area contributed by atoms with E-state index in [-0.39, 0.29) is 37.0 Å². The number of nitrogens with zero attached hydrogens (tertiary/aromatic N) is 1. The fourth-order valence-electron chi connectivity index (χ4n) is 3.50. The summed E-state index contributed by atoms with van der Waals surface area (Å²) in [5.74, 6) is -0.490. The van der Waals surface area contributed by atoms with Crippen molar-refractivity contribution in [1.29, 1.82) is 0 Å². The molecule has 0 aromatic heterocycles. The Hall–Kier alpha value is -3.15. The lowest BCUT2D eigenvalue weighted by Gasteiger charge is -2.14. The molecule has 2 heterocycles. The van der Waals surface area contributed by atoms with Crippen LogP contribution in [0.25, 0.3) is 0 Å². The Balaban J connectivity index is 1.42. The molecule has 2 aromatic carbocycles. The molecule has 0 aliphatic carbocycles. The van der Waals surface area contributed by atoms with Crippen LogP contribution in [0.15, 0.2) is 42.5 Å². The lowest BCUT2D eigenvalue weighted by molar-refractivity contribution is 0.0416. The molecular weight excluding hydrogens is 346 g/mol. The Kier molecular flexibility index (Phi) is 4.18. The normalized spacial score (nSPS) is 20.3. The number of carbonyl (C=O) groups excluding carboxylic acids is 3. The number of carbonyl (C=O) groups is 3. The van der Waals surface area contributed by atoms with E-state index < -0.39 is 5.97 Å². The van der Waals surface area contributed by atoms with Crippen molar-refractivity contribution in [3.8, 4) is 5.75 Å². The van der Waals surface area contributed by atoms with Gasteiger partial charge >= 0.3 is 5.97 Å². The molecule has 6 heteroatoms. The SMILES string of the molecule is C[C@@H]1Oc2c(C(=O)OCCN3C(=O)c4ccccc4C3=O)cccc2[C@@H]1C. The van der Waals surface area contributed by atoms with Crippen molar-refractivity contribution in [2.45, 2.75) is 25.9 Å². The number of hydrogen-bond donors (Lipinski definition) is 0. The Morgan fingerprint density at radius 2 is 1.70 bits per heavy atom. The molecule has 0 spiro atoms. The second-order valence-corrected chi connectivity index (χ2v) is 6.78. The Morgan fingerprint density at radius 1 is 1.04 bits per heavy atom. The van der Waals surface area contributed by atoms with Gasteiger partial charge < -0.3 is 9.47 Å². The van der Waals surface area contributed by atoms with E-state index in [9.17, 15) is 14.4 Å². The van der Waals surface area contributed by atoms with E-state index in [0.717, 1.165) is 10.5 Å². The summed E-state index contributed by atoms with van der Waals surface area (Å²) in [7, 11) is 0. The summed E-state index contributed by atoms with van der Waals surface area (Å²) in [6, 6.07) is 12.1. The first-order chi connectivity index (χ1) is 13.0. The number of imide groups is 1. The van der Waals surface area contributed by atoms with Crippen molar-refractivity contribution in [1.82, 2.24) is 4.90 Å². The minimum absolute atomic E-state index is 0.00713. The summed E-state index contributed by atoms with van der Waals surface area (Å²) >= 11 is 0. The second-order valence-electron chi connectivity index (χ2n) is 6.78. The van der Waals surface area contributed by atoms with E-state index in [4.69, 9.17) is 9.47 Å². The maximum Gasteiger partial charge on any atom is 0.341 e. The molecule has 0 fully saturated rings. The van der Waals surface area contributed by atoms with Gasteiger partial charge in [-0.15, -0.1) is 0 Å². The number of benzene rings is 2. The van der Waals surface area contributed by atoms with Crippen LogP contribution in [0.2, 0.25) is 0 Å². The number of para-hydroxylation sites is 1. The average molecular weight is 365 g/mol. The molecule has 2 aromatic rings. The molecular formula is C21H19NO5. The molecule has 0 unspecified atom stereocenters. The average Bonchev–Trinajstić information content (AvgIpc) is 3.10. The summed E-state index contributed by atoms with van der Waals surface area (Å²) in [6.07, 6.45) is -0.00713. The van der Waals surface area contributed by atoms with Crippen LogP contribution in [0.1, 0.15) is 56.4 Å². The summed E-state index contributed by atoms with van der Waals surface area (Å²) in [5.41, 5.74) is 2.11. The van der Waals surface area contributed by atoms with Gasteiger partial charge in [0.2, 0.25) is 0 Å². The highest BCUT2D eigenvalue weighted by molar-refractivity contribution is 6.21. The topological polar surface area (TPSA) is 72.9 Å². The van der Waals surface area contributed by atoms with Crippen LogP contribution in [0.3, 0.4) is 0 Å². The number of amides is 2. The first kappa shape index (κ1) is 17.3. The van der Waals surface area contributed by atoms with Crippen LogP contribution in [0, 0.1) is 0 Å². The van der Waals surface area contributed by atoms with Gasteiger partial charge in [-0.3, -0.25) is 14.5 Å². The minimum Gasteiger partial charge on any atom is -0.489 e. The molecule has 2 amide bonds. The van der Waals surface area contributed by atoms with Gasteiger partial charge in [0.1, 0.15) is 24.0 Å². The molecule has 2 atom stereocenters. The van der Waals surface area contributed by atoms with E-state index in [1.54, 1.807) is 36.4 Å². The van der Waals surface area contributed by atoms with Crippen molar-refractivity contribution in [2.24, 2.45) is 0 Å². The third-order valence-corrected chi connectivity index (χ3v) is 5.19. The largest absolute Gasteiger partial charge is 0.489 e. The van der Waals surface area contributed by atoms with Crippen LogP contribution < -0.4 is 4.74 Å². The van der Waals surface area contributed by atoms with E-state index in [1.165, 1.54) is 0 Å². The third-order valence-electron chi connectivity index (χ3n) is 5.19. The first-order valence-electron chi connectivity index (χ1n) is 8.91. The van der Waals surface area contributed by atoms with Gasteiger partial charge in [0.15, 0.2) is 0 Å². The van der Waals surface area contributed by atoms with E-state index >= 15 is 0 Å². The highest BCUT2D eigenvalue weighted by Crippen LogP contribution is 2.40. The molecule has 0 N–H and O–H groups in total. The first-order valence-corrected chi connectivity index (χ1v) is 8.91. The number of esters is 1. The maximum absolute atomic E-state index is 12.5. The highest BCUT2D eigenvalue weighted by atomic mass is 16.5. The minimum atomic E-state index is -0.523.